The van der Waals surface area contributed by atoms with E-state index in [0.717, 1.165) is 30.6 Å². The van der Waals surface area contributed by atoms with E-state index < -0.39 is 0 Å². The van der Waals surface area contributed by atoms with Crippen molar-refractivity contribution in [3.63, 3.8) is 0 Å². The molecule has 8 rings (SSSR count). The minimum Gasteiger partial charge on any atom is -0.493 e. The minimum atomic E-state index is -0.356. The van der Waals surface area contributed by atoms with Gasteiger partial charge in [-0.15, -0.1) is 10.2 Å². The number of ether oxygens (including phenoxy) is 3. The number of carbonyl (C=O) groups excluding carboxylic acids is 3. The predicted molar refractivity (Wildman–Crippen MR) is 263 cm³/mol. The number of aryl methyl sites for hydroxylation is 2. The van der Waals surface area contributed by atoms with Crippen LogP contribution in [0.4, 0.5) is 17.1 Å². The number of hydrogen-bond acceptors (Lipinski definition) is 15. The summed E-state index contributed by atoms with van der Waals surface area (Å²) >= 11 is 0. The summed E-state index contributed by atoms with van der Waals surface area (Å²) in [6.07, 6.45) is 8.38. The van der Waals surface area contributed by atoms with Crippen molar-refractivity contribution in [2.75, 3.05) is 57.2 Å². The number of methoxy groups -OCH3 is 1. The van der Waals surface area contributed by atoms with Crippen LogP contribution in [-0.4, -0.2) is 115 Å². The fraction of sp³-hybridized carbons (Fsp3) is 0.392. The van der Waals surface area contributed by atoms with Gasteiger partial charge >= 0.3 is 0 Å². The standard InChI is InChI=1S/C26H31N7O3.C25H27N7O3/c1-16-23(33-15-22(31-32-33)25(34)29-14-20-7-6-8-36-20)11-19(13-28-16)30-21-10-18(26(2,3)4)9-17(12-27)24(21)35-5;1-16-22(32-15-21(29-30-32)24(34)31-5-7-35-8-6-31)12-20(14-27-16)28-23(33)18-9-17(13-26)10-19(11-18)25(2,3)4/h9-11,13,15,20,30H,6-8,14H2,1-5H3,(H,29,34);9-12,14-15H,5-8H2,1-4H3,(H,28,33). The first-order valence-electron chi connectivity index (χ1n) is 23.2. The van der Waals surface area contributed by atoms with Gasteiger partial charge < -0.3 is 35.1 Å². The minimum absolute atomic E-state index is 0.0496. The Morgan fingerprint density at radius 1 is 0.775 bits per heavy atom. The molecule has 6 heterocycles. The van der Waals surface area contributed by atoms with Crippen LogP contribution in [0.5, 0.6) is 5.75 Å². The van der Waals surface area contributed by atoms with Crippen molar-refractivity contribution in [2.45, 2.75) is 85.2 Å². The van der Waals surface area contributed by atoms with Crippen molar-refractivity contribution in [3.05, 3.63) is 118 Å². The zero-order chi connectivity index (χ0) is 51.0. The highest BCUT2D eigenvalue weighted by molar-refractivity contribution is 6.04. The molecule has 2 aliphatic rings. The fourth-order valence-corrected chi connectivity index (χ4v) is 7.71. The Balaban J connectivity index is 0.000000209. The Kier molecular flexibility index (Phi) is 15.5. The molecule has 3 amide bonds. The number of carbonyl (C=O) groups is 3. The van der Waals surface area contributed by atoms with E-state index in [1.165, 1.54) is 16.5 Å². The zero-order valence-corrected chi connectivity index (χ0v) is 41.5. The molecule has 71 heavy (non-hydrogen) atoms. The van der Waals surface area contributed by atoms with E-state index in [0.29, 0.717) is 95.1 Å². The highest BCUT2D eigenvalue weighted by Gasteiger charge is 2.25. The normalized spacial score (nSPS) is 14.6. The second kappa shape index (κ2) is 21.7. The van der Waals surface area contributed by atoms with Gasteiger partial charge in [0.1, 0.15) is 6.07 Å². The molecule has 20 heteroatoms. The van der Waals surface area contributed by atoms with Crippen LogP contribution in [0.2, 0.25) is 0 Å². The molecule has 4 aromatic heterocycles. The summed E-state index contributed by atoms with van der Waals surface area (Å²) in [5.74, 6) is -0.407. The summed E-state index contributed by atoms with van der Waals surface area (Å²) in [6.45, 7) is 19.2. The lowest BCUT2D eigenvalue weighted by Crippen LogP contribution is -2.40. The van der Waals surface area contributed by atoms with E-state index in [2.05, 4.69) is 79.5 Å². The topological polar surface area (TPSA) is 253 Å². The van der Waals surface area contributed by atoms with Gasteiger partial charge in [-0.05, 0) is 91.1 Å². The maximum absolute atomic E-state index is 13.0. The van der Waals surface area contributed by atoms with Gasteiger partial charge in [-0.2, -0.15) is 10.5 Å². The number of pyridine rings is 2. The lowest BCUT2D eigenvalue weighted by atomic mass is 9.85. The number of amides is 3. The maximum atomic E-state index is 13.0. The summed E-state index contributed by atoms with van der Waals surface area (Å²) < 4.78 is 19.4. The summed E-state index contributed by atoms with van der Waals surface area (Å²) in [5, 5.41) is 44.4. The lowest BCUT2D eigenvalue weighted by molar-refractivity contribution is 0.0299. The molecule has 1 unspecified atom stereocenters. The summed E-state index contributed by atoms with van der Waals surface area (Å²) in [4.78, 5) is 48.8. The Labute approximate surface area is 412 Å². The second-order valence-corrected chi connectivity index (χ2v) is 19.2. The molecule has 2 saturated heterocycles. The second-order valence-electron chi connectivity index (χ2n) is 19.2. The quantitative estimate of drug-likeness (QED) is 0.123. The molecule has 2 aromatic carbocycles. The van der Waals surface area contributed by atoms with E-state index in [1.807, 2.05) is 45.9 Å². The van der Waals surface area contributed by atoms with Crippen LogP contribution in [0, 0.1) is 36.5 Å². The molecule has 6 aromatic rings. The predicted octanol–water partition coefficient (Wildman–Crippen LogP) is 6.67. The van der Waals surface area contributed by atoms with Gasteiger partial charge in [-0.25, -0.2) is 9.36 Å². The van der Waals surface area contributed by atoms with Crippen LogP contribution in [-0.2, 0) is 20.3 Å². The summed E-state index contributed by atoms with van der Waals surface area (Å²) in [7, 11) is 1.54. The highest BCUT2D eigenvalue weighted by atomic mass is 16.5. The molecule has 0 saturated carbocycles. The monoisotopic (exact) mass is 962 g/mol. The molecule has 0 spiro atoms. The highest BCUT2D eigenvalue weighted by Crippen LogP contribution is 2.37. The van der Waals surface area contributed by atoms with Gasteiger partial charge in [-0.1, -0.05) is 52.0 Å². The Hall–Kier alpha value is -8.07. The third kappa shape index (κ3) is 12.4. The van der Waals surface area contributed by atoms with Crippen molar-refractivity contribution < 1.29 is 28.6 Å². The zero-order valence-electron chi connectivity index (χ0n) is 41.5. The molecule has 0 radical (unpaired) electrons. The van der Waals surface area contributed by atoms with Gasteiger partial charge in [-0.3, -0.25) is 24.4 Å². The molecule has 2 aliphatic heterocycles. The summed E-state index contributed by atoms with van der Waals surface area (Å²) in [5.41, 5.74) is 7.59. The third-order valence-electron chi connectivity index (χ3n) is 11.9. The molecule has 0 bridgehead atoms. The van der Waals surface area contributed by atoms with Crippen LogP contribution in [0.15, 0.2) is 67.3 Å². The van der Waals surface area contributed by atoms with E-state index in [1.54, 1.807) is 60.9 Å². The number of nitrogens with one attached hydrogen (secondary N) is 3. The average Bonchev–Trinajstić information content (AvgIpc) is 4.18. The van der Waals surface area contributed by atoms with Crippen molar-refractivity contribution in [3.8, 4) is 29.3 Å². The van der Waals surface area contributed by atoms with Gasteiger partial charge in [0.25, 0.3) is 17.7 Å². The smallest absolute Gasteiger partial charge is 0.276 e. The Morgan fingerprint density at radius 3 is 2.00 bits per heavy atom. The largest absolute Gasteiger partial charge is 0.493 e. The molecule has 368 valence electrons. The molecule has 2 fully saturated rings. The van der Waals surface area contributed by atoms with Gasteiger partial charge in [0.15, 0.2) is 17.1 Å². The van der Waals surface area contributed by atoms with E-state index in [-0.39, 0.29) is 46.0 Å². The van der Waals surface area contributed by atoms with E-state index in [9.17, 15) is 24.9 Å². The van der Waals surface area contributed by atoms with Gasteiger partial charge in [0.05, 0.1) is 108 Å². The van der Waals surface area contributed by atoms with Crippen LogP contribution in [0.1, 0.15) is 119 Å². The van der Waals surface area contributed by atoms with Crippen molar-refractivity contribution in [1.29, 1.82) is 10.5 Å². The van der Waals surface area contributed by atoms with Crippen LogP contribution in [0.25, 0.3) is 11.4 Å². The SMILES string of the molecule is COc1c(C#N)cc(C(C)(C)C)cc1Nc1cnc(C)c(-n2cc(C(=O)NCC3CCCO3)nn2)c1.Cc1ncc(NC(=O)c2cc(C#N)cc(C(C)(C)C)c2)cc1-n1cc(C(=O)N2CCOCC2)nn1. The van der Waals surface area contributed by atoms with E-state index >= 15 is 0 Å². The number of morpholine rings is 1. The van der Waals surface area contributed by atoms with Crippen LogP contribution >= 0.6 is 0 Å². The molecule has 3 N–H and O–H groups in total. The lowest BCUT2D eigenvalue weighted by Gasteiger charge is -2.25. The first kappa shape index (κ1) is 50.8. The number of nitrogens with zero attached hydrogens (tertiary/aromatic N) is 11. The number of aromatic nitrogens is 8. The van der Waals surface area contributed by atoms with Crippen LogP contribution in [0.3, 0.4) is 0 Å². The molecular formula is C51H58N14O6. The van der Waals surface area contributed by atoms with E-state index in [4.69, 9.17) is 14.2 Å². The third-order valence-corrected chi connectivity index (χ3v) is 11.9. The summed E-state index contributed by atoms with van der Waals surface area (Å²) in [6, 6.07) is 16.9. The number of benzene rings is 2. The maximum Gasteiger partial charge on any atom is 0.276 e. The fourth-order valence-electron chi connectivity index (χ4n) is 7.71. The van der Waals surface area contributed by atoms with Gasteiger partial charge in [0, 0.05) is 31.8 Å². The molecule has 1 atom stereocenters. The number of hydrogen-bond donors (Lipinski definition) is 3. The molecule has 20 nitrogen and oxygen atoms in total. The average molecular weight is 963 g/mol. The number of nitriles is 2. The van der Waals surface area contributed by atoms with Gasteiger partial charge in [0.2, 0.25) is 0 Å². The Bertz CT molecular complexity index is 3010. The molecule has 0 aliphatic carbocycles. The number of rotatable bonds is 11. The van der Waals surface area contributed by atoms with Crippen LogP contribution < -0.4 is 20.7 Å². The van der Waals surface area contributed by atoms with Crippen molar-refractivity contribution in [1.82, 2.24) is 50.2 Å². The first-order chi connectivity index (χ1) is 33.8. The molecular weight excluding hydrogens is 905 g/mol. The Morgan fingerprint density at radius 2 is 1.39 bits per heavy atom. The first-order valence-corrected chi connectivity index (χ1v) is 23.2. The van der Waals surface area contributed by atoms with Crippen molar-refractivity contribution in [2.24, 2.45) is 0 Å². The van der Waals surface area contributed by atoms with Crippen molar-refractivity contribution >= 4 is 34.8 Å². The number of anilines is 3.